The Morgan fingerprint density at radius 2 is 1.95 bits per heavy atom. The van der Waals surface area contributed by atoms with Crippen LogP contribution >= 0.6 is 0 Å². The molecule has 2 aromatic rings. The van der Waals surface area contributed by atoms with Crippen molar-refractivity contribution in [3.8, 4) is 11.8 Å². The molecule has 20 heavy (non-hydrogen) atoms. The second kappa shape index (κ2) is 6.09. The summed E-state index contributed by atoms with van der Waals surface area (Å²) in [6, 6.07) is 14.3. The first-order chi connectivity index (χ1) is 9.60. The standard InChI is InChI=1S/C16H16N2O2/c1-11-2-3-12(9-17)8-16(11)20-10-15(19)13-4-6-14(18)7-5-13/h2-8,15,19H,10,18H2,1H3. The molecule has 0 aromatic heterocycles. The number of nitrogens with two attached hydrogens (primary N) is 1. The molecule has 0 saturated carbocycles. The van der Waals surface area contributed by atoms with Crippen LogP contribution in [0.3, 0.4) is 0 Å². The first kappa shape index (κ1) is 13.9. The lowest BCUT2D eigenvalue weighted by molar-refractivity contribution is 0.108. The molecule has 0 aliphatic carbocycles. The molecule has 0 fully saturated rings. The van der Waals surface area contributed by atoms with E-state index in [-0.39, 0.29) is 6.61 Å². The van der Waals surface area contributed by atoms with Crippen LogP contribution in [0.5, 0.6) is 5.75 Å². The molecule has 0 spiro atoms. The van der Waals surface area contributed by atoms with Crippen LogP contribution in [-0.2, 0) is 0 Å². The van der Waals surface area contributed by atoms with Crippen molar-refractivity contribution in [1.82, 2.24) is 0 Å². The van der Waals surface area contributed by atoms with E-state index in [2.05, 4.69) is 6.07 Å². The number of rotatable bonds is 4. The highest BCUT2D eigenvalue weighted by Crippen LogP contribution is 2.22. The van der Waals surface area contributed by atoms with Crippen molar-refractivity contribution in [1.29, 1.82) is 5.26 Å². The number of aliphatic hydroxyl groups excluding tert-OH is 1. The van der Waals surface area contributed by atoms with Crippen LogP contribution in [0, 0.1) is 18.3 Å². The topological polar surface area (TPSA) is 79.3 Å². The number of hydrogen-bond acceptors (Lipinski definition) is 4. The summed E-state index contributed by atoms with van der Waals surface area (Å²) < 4.78 is 5.59. The minimum Gasteiger partial charge on any atom is -0.490 e. The number of nitrogen functional groups attached to an aromatic ring is 1. The lowest BCUT2D eigenvalue weighted by atomic mass is 10.1. The molecular formula is C16H16N2O2. The Bertz CT molecular complexity index is 630. The summed E-state index contributed by atoms with van der Waals surface area (Å²) in [7, 11) is 0. The molecule has 2 aromatic carbocycles. The molecular weight excluding hydrogens is 252 g/mol. The van der Waals surface area contributed by atoms with Crippen molar-refractivity contribution < 1.29 is 9.84 Å². The lowest BCUT2D eigenvalue weighted by Crippen LogP contribution is -2.10. The third-order valence-electron chi connectivity index (χ3n) is 3.04. The quantitative estimate of drug-likeness (QED) is 0.835. The molecule has 0 aliphatic rings. The van der Waals surface area contributed by atoms with Gasteiger partial charge < -0.3 is 15.6 Å². The number of anilines is 1. The van der Waals surface area contributed by atoms with E-state index in [0.717, 1.165) is 11.1 Å². The van der Waals surface area contributed by atoms with Crippen LogP contribution in [0.4, 0.5) is 5.69 Å². The maximum absolute atomic E-state index is 10.1. The number of hydrogen-bond donors (Lipinski definition) is 2. The highest BCUT2D eigenvalue weighted by atomic mass is 16.5. The van der Waals surface area contributed by atoms with Crippen molar-refractivity contribution in [2.45, 2.75) is 13.0 Å². The maximum Gasteiger partial charge on any atom is 0.123 e. The van der Waals surface area contributed by atoms with E-state index in [1.807, 2.05) is 13.0 Å². The van der Waals surface area contributed by atoms with Gasteiger partial charge in [-0.1, -0.05) is 18.2 Å². The van der Waals surface area contributed by atoms with Crippen LogP contribution in [-0.4, -0.2) is 11.7 Å². The monoisotopic (exact) mass is 268 g/mol. The zero-order chi connectivity index (χ0) is 14.5. The molecule has 0 amide bonds. The summed E-state index contributed by atoms with van der Waals surface area (Å²) >= 11 is 0. The van der Waals surface area contributed by atoms with Crippen LogP contribution < -0.4 is 10.5 Å². The predicted octanol–water partition coefficient (Wildman–Crippen LogP) is 2.56. The van der Waals surface area contributed by atoms with Gasteiger partial charge >= 0.3 is 0 Å². The smallest absolute Gasteiger partial charge is 0.123 e. The Hall–Kier alpha value is -2.51. The molecule has 0 heterocycles. The second-order valence-electron chi connectivity index (χ2n) is 4.59. The van der Waals surface area contributed by atoms with E-state index in [4.69, 9.17) is 15.7 Å². The fourth-order valence-corrected chi connectivity index (χ4v) is 1.81. The molecule has 1 unspecified atom stereocenters. The first-order valence-electron chi connectivity index (χ1n) is 6.27. The summed E-state index contributed by atoms with van der Waals surface area (Å²) in [5.74, 6) is 0.610. The van der Waals surface area contributed by atoms with Gasteiger partial charge in [0, 0.05) is 5.69 Å². The maximum atomic E-state index is 10.1. The summed E-state index contributed by atoms with van der Waals surface area (Å²) in [5.41, 5.74) is 8.46. The summed E-state index contributed by atoms with van der Waals surface area (Å²) in [6.45, 7) is 2.02. The van der Waals surface area contributed by atoms with Gasteiger partial charge in [0.1, 0.15) is 18.5 Å². The van der Waals surface area contributed by atoms with Gasteiger partial charge in [0.2, 0.25) is 0 Å². The molecule has 0 aliphatic heterocycles. The van der Waals surface area contributed by atoms with Gasteiger partial charge in [-0.15, -0.1) is 0 Å². The van der Waals surface area contributed by atoms with Crippen LogP contribution in [0.2, 0.25) is 0 Å². The fraction of sp³-hybridized carbons (Fsp3) is 0.188. The van der Waals surface area contributed by atoms with Crippen molar-refractivity contribution in [3.63, 3.8) is 0 Å². The van der Waals surface area contributed by atoms with Crippen LogP contribution in [0.15, 0.2) is 42.5 Å². The van der Waals surface area contributed by atoms with E-state index in [1.54, 1.807) is 36.4 Å². The summed E-state index contributed by atoms with van der Waals surface area (Å²) in [5, 5.41) is 18.9. The average Bonchev–Trinajstić information content (AvgIpc) is 2.47. The number of nitriles is 1. The molecule has 0 saturated heterocycles. The lowest BCUT2D eigenvalue weighted by Gasteiger charge is -2.14. The molecule has 0 bridgehead atoms. The number of nitrogens with zero attached hydrogens (tertiary/aromatic N) is 1. The van der Waals surface area contributed by atoms with Gasteiger partial charge in [-0.3, -0.25) is 0 Å². The number of benzene rings is 2. The van der Waals surface area contributed by atoms with Crippen LogP contribution in [0.25, 0.3) is 0 Å². The molecule has 4 nitrogen and oxygen atoms in total. The highest BCUT2D eigenvalue weighted by Gasteiger charge is 2.09. The third-order valence-corrected chi connectivity index (χ3v) is 3.04. The van der Waals surface area contributed by atoms with Gasteiger partial charge in [-0.05, 0) is 42.3 Å². The minimum absolute atomic E-state index is 0.125. The van der Waals surface area contributed by atoms with Gasteiger partial charge in [0.05, 0.1) is 11.6 Å². The number of ether oxygens (including phenoxy) is 1. The summed E-state index contributed by atoms with van der Waals surface area (Å²) in [4.78, 5) is 0. The van der Waals surface area contributed by atoms with Gasteiger partial charge in [-0.25, -0.2) is 0 Å². The van der Waals surface area contributed by atoms with Crippen molar-refractivity contribution >= 4 is 5.69 Å². The Kier molecular flexibility index (Phi) is 4.24. The van der Waals surface area contributed by atoms with E-state index in [1.165, 1.54) is 0 Å². The Balaban J connectivity index is 2.05. The molecule has 2 rings (SSSR count). The SMILES string of the molecule is Cc1ccc(C#N)cc1OCC(O)c1ccc(N)cc1. The van der Waals surface area contributed by atoms with E-state index in [9.17, 15) is 5.11 Å². The summed E-state index contributed by atoms with van der Waals surface area (Å²) in [6.07, 6.45) is -0.735. The van der Waals surface area contributed by atoms with Crippen molar-refractivity contribution in [3.05, 3.63) is 59.2 Å². The fourth-order valence-electron chi connectivity index (χ4n) is 1.81. The zero-order valence-electron chi connectivity index (χ0n) is 11.2. The largest absolute Gasteiger partial charge is 0.490 e. The Morgan fingerprint density at radius 3 is 2.60 bits per heavy atom. The Morgan fingerprint density at radius 1 is 1.25 bits per heavy atom. The van der Waals surface area contributed by atoms with Crippen molar-refractivity contribution in [2.75, 3.05) is 12.3 Å². The number of aryl methyl sites for hydroxylation is 1. The first-order valence-corrected chi connectivity index (χ1v) is 6.27. The van der Waals surface area contributed by atoms with E-state index >= 15 is 0 Å². The number of aliphatic hydroxyl groups is 1. The van der Waals surface area contributed by atoms with Gasteiger partial charge in [-0.2, -0.15) is 5.26 Å². The minimum atomic E-state index is -0.735. The van der Waals surface area contributed by atoms with Gasteiger partial charge in [0.15, 0.2) is 0 Å². The van der Waals surface area contributed by atoms with Gasteiger partial charge in [0.25, 0.3) is 0 Å². The average molecular weight is 268 g/mol. The second-order valence-corrected chi connectivity index (χ2v) is 4.59. The van der Waals surface area contributed by atoms with Crippen LogP contribution in [0.1, 0.15) is 22.8 Å². The van der Waals surface area contributed by atoms with Crippen molar-refractivity contribution in [2.24, 2.45) is 0 Å². The third kappa shape index (κ3) is 3.28. The molecule has 1 atom stereocenters. The molecule has 4 heteroatoms. The highest BCUT2D eigenvalue weighted by molar-refractivity contribution is 5.42. The molecule has 102 valence electrons. The predicted molar refractivity (Wildman–Crippen MR) is 77.2 cm³/mol. The zero-order valence-corrected chi connectivity index (χ0v) is 11.2. The normalized spacial score (nSPS) is 11.7. The Labute approximate surface area is 118 Å². The molecule has 3 N–H and O–H groups in total. The molecule has 0 radical (unpaired) electrons. The van der Waals surface area contributed by atoms with E-state index in [0.29, 0.717) is 17.0 Å². The van der Waals surface area contributed by atoms with E-state index < -0.39 is 6.10 Å².